The number of piperidine rings is 2. The topological polar surface area (TPSA) is 61.6 Å². The van der Waals surface area contributed by atoms with Gasteiger partial charge in [0.25, 0.3) is 0 Å². The van der Waals surface area contributed by atoms with E-state index in [1.165, 1.54) is 39.0 Å². The summed E-state index contributed by atoms with van der Waals surface area (Å²) < 4.78 is 0. The zero-order chi connectivity index (χ0) is 13.9. The van der Waals surface area contributed by atoms with E-state index in [-0.39, 0.29) is 11.8 Å². The van der Waals surface area contributed by atoms with Crippen LogP contribution >= 0.6 is 0 Å². The van der Waals surface area contributed by atoms with Gasteiger partial charge in [-0.05, 0) is 51.2 Å². The summed E-state index contributed by atoms with van der Waals surface area (Å²) in [5.74, 6) is 1.23. The van der Waals surface area contributed by atoms with Gasteiger partial charge in [0, 0.05) is 32.2 Å². The molecule has 3 N–H and O–H groups in total. The van der Waals surface area contributed by atoms with E-state index in [0.717, 1.165) is 31.3 Å². The standard InChI is InChI=1S/C15H28N4O/c16-5-6-17-15(20)13-2-1-7-19(11-13)14-4-9-18-8-3-12(14)10-18/h12-14H,1-11,16H2,(H,17,20). The van der Waals surface area contributed by atoms with Crippen molar-refractivity contribution in [1.82, 2.24) is 15.1 Å². The Bertz CT molecular complexity index is 349. The molecular weight excluding hydrogens is 252 g/mol. The first kappa shape index (κ1) is 14.3. The molecular formula is C15H28N4O. The smallest absolute Gasteiger partial charge is 0.224 e. The molecule has 3 aliphatic heterocycles. The number of nitrogens with zero attached hydrogens (tertiary/aromatic N) is 2. The number of hydrogen-bond donors (Lipinski definition) is 2. The lowest BCUT2D eigenvalue weighted by atomic mass is 9.88. The third-order valence-electron chi connectivity index (χ3n) is 5.33. The van der Waals surface area contributed by atoms with E-state index in [2.05, 4.69) is 15.1 Å². The Labute approximate surface area is 121 Å². The van der Waals surface area contributed by atoms with Crippen LogP contribution < -0.4 is 11.1 Å². The highest BCUT2D eigenvalue weighted by Crippen LogP contribution is 2.32. The molecule has 0 aromatic rings. The quantitative estimate of drug-likeness (QED) is 0.753. The van der Waals surface area contributed by atoms with Gasteiger partial charge in [0.2, 0.25) is 5.91 Å². The Morgan fingerprint density at radius 1 is 1.15 bits per heavy atom. The fourth-order valence-corrected chi connectivity index (χ4v) is 4.27. The molecule has 3 rings (SSSR count). The van der Waals surface area contributed by atoms with Crippen LogP contribution in [0, 0.1) is 11.8 Å². The largest absolute Gasteiger partial charge is 0.355 e. The molecule has 3 aliphatic rings. The molecule has 4 unspecified atom stereocenters. The fourth-order valence-electron chi connectivity index (χ4n) is 4.27. The number of nitrogens with one attached hydrogen (secondary N) is 1. The van der Waals surface area contributed by atoms with Crippen molar-refractivity contribution in [3.63, 3.8) is 0 Å². The first-order valence-electron chi connectivity index (χ1n) is 8.22. The highest BCUT2D eigenvalue weighted by atomic mass is 16.1. The molecule has 5 heteroatoms. The average Bonchev–Trinajstić information content (AvgIpc) is 2.86. The monoisotopic (exact) mass is 280 g/mol. The van der Waals surface area contributed by atoms with Crippen molar-refractivity contribution >= 4 is 5.91 Å². The van der Waals surface area contributed by atoms with E-state index in [1.807, 2.05) is 0 Å². The van der Waals surface area contributed by atoms with Crippen LogP contribution in [0.4, 0.5) is 0 Å². The molecule has 4 atom stereocenters. The lowest BCUT2D eigenvalue weighted by Crippen LogP contribution is -2.52. The van der Waals surface area contributed by atoms with Gasteiger partial charge < -0.3 is 16.0 Å². The Morgan fingerprint density at radius 3 is 2.85 bits per heavy atom. The van der Waals surface area contributed by atoms with Crippen molar-refractivity contribution < 1.29 is 4.79 Å². The van der Waals surface area contributed by atoms with Gasteiger partial charge in [-0.2, -0.15) is 0 Å². The molecule has 0 aliphatic carbocycles. The molecule has 114 valence electrons. The highest BCUT2D eigenvalue weighted by Gasteiger charge is 2.39. The highest BCUT2D eigenvalue weighted by molar-refractivity contribution is 5.78. The maximum atomic E-state index is 12.1. The number of carbonyl (C=O) groups is 1. The van der Waals surface area contributed by atoms with Crippen LogP contribution in [-0.4, -0.2) is 67.6 Å². The maximum Gasteiger partial charge on any atom is 0.224 e. The second-order valence-electron chi connectivity index (χ2n) is 6.62. The Balaban J connectivity index is 1.56. The first-order chi connectivity index (χ1) is 9.78. The third-order valence-corrected chi connectivity index (χ3v) is 5.33. The van der Waals surface area contributed by atoms with Crippen LogP contribution in [0.5, 0.6) is 0 Å². The predicted octanol–water partition coefficient (Wildman–Crippen LogP) is -0.132. The minimum atomic E-state index is 0.176. The van der Waals surface area contributed by atoms with E-state index in [9.17, 15) is 4.79 Å². The summed E-state index contributed by atoms with van der Waals surface area (Å²) in [4.78, 5) is 17.4. The molecule has 3 saturated heterocycles. The van der Waals surface area contributed by atoms with Gasteiger partial charge in [-0.15, -0.1) is 0 Å². The van der Waals surface area contributed by atoms with Crippen molar-refractivity contribution in [2.45, 2.75) is 31.7 Å². The SMILES string of the molecule is NCCNC(=O)C1CCCN(C2CCN3CCC2C3)C1. The van der Waals surface area contributed by atoms with E-state index in [4.69, 9.17) is 5.73 Å². The second kappa shape index (κ2) is 6.41. The molecule has 0 spiro atoms. The van der Waals surface area contributed by atoms with Crippen molar-refractivity contribution in [2.24, 2.45) is 17.6 Å². The molecule has 3 heterocycles. The normalized spacial score (nSPS) is 37.9. The average molecular weight is 280 g/mol. The van der Waals surface area contributed by atoms with Gasteiger partial charge in [-0.25, -0.2) is 0 Å². The van der Waals surface area contributed by atoms with E-state index < -0.39 is 0 Å². The molecule has 0 aromatic carbocycles. The van der Waals surface area contributed by atoms with Gasteiger partial charge >= 0.3 is 0 Å². The predicted molar refractivity (Wildman–Crippen MR) is 79.3 cm³/mol. The van der Waals surface area contributed by atoms with Crippen molar-refractivity contribution in [1.29, 1.82) is 0 Å². The molecule has 20 heavy (non-hydrogen) atoms. The van der Waals surface area contributed by atoms with E-state index >= 15 is 0 Å². The molecule has 0 aromatic heterocycles. The maximum absolute atomic E-state index is 12.1. The Morgan fingerprint density at radius 2 is 2.00 bits per heavy atom. The number of likely N-dealkylation sites (tertiary alicyclic amines) is 1. The van der Waals surface area contributed by atoms with Gasteiger partial charge in [0.15, 0.2) is 0 Å². The molecule has 5 nitrogen and oxygen atoms in total. The number of carbonyl (C=O) groups excluding carboxylic acids is 1. The summed E-state index contributed by atoms with van der Waals surface area (Å²) >= 11 is 0. The van der Waals surface area contributed by atoms with Crippen LogP contribution in [0.15, 0.2) is 0 Å². The van der Waals surface area contributed by atoms with Gasteiger partial charge in [-0.1, -0.05) is 0 Å². The van der Waals surface area contributed by atoms with Crippen molar-refractivity contribution in [3.8, 4) is 0 Å². The summed E-state index contributed by atoms with van der Waals surface area (Å²) in [5, 5.41) is 2.96. The minimum Gasteiger partial charge on any atom is -0.355 e. The summed E-state index contributed by atoms with van der Waals surface area (Å²) in [6.45, 7) is 7.10. The van der Waals surface area contributed by atoms with Crippen LogP contribution in [-0.2, 0) is 4.79 Å². The summed E-state index contributed by atoms with van der Waals surface area (Å²) in [6.07, 6.45) is 4.84. The molecule has 2 bridgehead atoms. The lowest BCUT2D eigenvalue weighted by molar-refractivity contribution is -0.127. The van der Waals surface area contributed by atoms with Gasteiger partial charge in [0.05, 0.1) is 5.92 Å². The number of nitrogens with two attached hydrogens (primary N) is 1. The molecule has 0 saturated carbocycles. The molecule has 3 fully saturated rings. The van der Waals surface area contributed by atoms with Gasteiger partial charge in [-0.3, -0.25) is 9.69 Å². The summed E-state index contributed by atoms with van der Waals surface area (Å²) in [7, 11) is 0. The third kappa shape index (κ3) is 3.00. The van der Waals surface area contributed by atoms with Crippen LogP contribution in [0.1, 0.15) is 25.7 Å². The fraction of sp³-hybridized carbons (Fsp3) is 0.933. The number of amides is 1. The Hall–Kier alpha value is -0.650. The summed E-state index contributed by atoms with van der Waals surface area (Å²) in [6, 6.07) is 0.721. The molecule has 0 radical (unpaired) electrons. The number of fused-ring (bicyclic) bond motifs is 2. The Kier molecular flexibility index (Phi) is 4.58. The zero-order valence-corrected chi connectivity index (χ0v) is 12.4. The minimum absolute atomic E-state index is 0.176. The number of rotatable bonds is 4. The van der Waals surface area contributed by atoms with Crippen LogP contribution in [0.2, 0.25) is 0 Å². The van der Waals surface area contributed by atoms with E-state index in [1.54, 1.807) is 0 Å². The number of hydrogen-bond acceptors (Lipinski definition) is 4. The molecule has 1 amide bonds. The van der Waals surface area contributed by atoms with E-state index in [0.29, 0.717) is 13.1 Å². The van der Waals surface area contributed by atoms with Gasteiger partial charge in [0.1, 0.15) is 0 Å². The zero-order valence-electron chi connectivity index (χ0n) is 12.4. The second-order valence-corrected chi connectivity index (χ2v) is 6.62. The lowest BCUT2D eigenvalue weighted by Gasteiger charge is -2.42. The first-order valence-corrected chi connectivity index (χ1v) is 8.22. The van der Waals surface area contributed by atoms with Crippen molar-refractivity contribution in [3.05, 3.63) is 0 Å². The summed E-state index contributed by atoms with van der Waals surface area (Å²) in [5.41, 5.74) is 5.46. The van der Waals surface area contributed by atoms with Crippen LogP contribution in [0.25, 0.3) is 0 Å². The van der Waals surface area contributed by atoms with Crippen LogP contribution in [0.3, 0.4) is 0 Å². The van der Waals surface area contributed by atoms with Crippen molar-refractivity contribution in [2.75, 3.05) is 45.8 Å².